The Balaban J connectivity index is 2.04. The Morgan fingerprint density at radius 1 is 1.25 bits per heavy atom. The molecule has 20 heavy (non-hydrogen) atoms. The van der Waals surface area contributed by atoms with Gasteiger partial charge in [-0.3, -0.25) is 4.79 Å². The minimum Gasteiger partial charge on any atom is -0.481 e. The van der Waals surface area contributed by atoms with Crippen LogP contribution in [0.2, 0.25) is 0 Å². The molecular formula is C14H24N2O4. The van der Waals surface area contributed by atoms with Crippen molar-refractivity contribution < 1.29 is 19.8 Å². The molecular weight excluding hydrogens is 260 g/mol. The van der Waals surface area contributed by atoms with Gasteiger partial charge >= 0.3 is 12.0 Å². The zero-order valence-corrected chi connectivity index (χ0v) is 12.0. The molecule has 0 bridgehead atoms. The monoisotopic (exact) mass is 284 g/mol. The molecule has 2 rings (SSSR count). The van der Waals surface area contributed by atoms with Crippen molar-refractivity contribution in [3.63, 3.8) is 0 Å². The van der Waals surface area contributed by atoms with E-state index in [1.165, 1.54) is 0 Å². The zero-order chi connectivity index (χ0) is 14.8. The van der Waals surface area contributed by atoms with E-state index < -0.39 is 17.5 Å². The van der Waals surface area contributed by atoms with E-state index in [4.69, 9.17) is 0 Å². The molecule has 0 aromatic carbocycles. The van der Waals surface area contributed by atoms with Crippen molar-refractivity contribution in [1.29, 1.82) is 0 Å². The highest BCUT2D eigenvalue weighted by molar-refractivity contribution is 5.79. The normalized spacial score (nSPS) is 31.2. The van der Waals surface area contributed by atoms with Crippen molar-refractivity contribution in [2.24, 2.45) is 5.41 Å². The minimum absolute atomic E-state index is 0.123. The Labute approximate surface area is 119 Å². The summed E-state index contributed by atoms with van der Waals surface area (Å²) >= 11 is 0. The fourth-order valence-electron chi connectivity index (χ4n) is 3.24. The number of amides is 2. The van der Waals surface area contributed by atoms with Crippen LogP contribution >= 0.6 is 0 Å². The second kappa shape index (κ2) is 5.99. The largest absolute Gasteiger partial charge is 0.481 e. The maximum Gasteiger partial charge on any atom is 0.320 e. The summed E-state index contributed by atoms with van der Waals surface area (Å²) in [5, 5.41) is 19.1. The van der Waals surface area contributed by atoms with E-state index in [0.717, 1.165) is 19.3 Å². The molecule has 0 radical (unpaired) electrons. The molecule has 6 nitrogen and oxygen atoms in total. The molecule has 0 saturated carbocycles. The average Bonchev–Trinajstić information content (AvgIpc) is 2.46. The van der Waals surface area contributed by atoms with Crippen molar-refractivity contribution >= 4 is 12.0 Å². The van der Waals surface area contributed by atoms with E-state index in [2.05, 4.69) is 0 Å². The third-order valence-corrected chi connectivity index (χ3v) is 4.64. The Morgan fingerprint density at radius 2 is 1.95 bits per heavy atom. The van der Waals surface area contributed by atoms with Crippen LogP contribution in [0.25, 0.3) is 0 Å². The lowest BCUT2D eigenvalue weighted by molar-refractivity contribution is -0.152. The van der Waals surface area contributed by atoms with E-state index in [-0.39, 0.29) is 12.6 Å². The Morgan fingerprint density at radius 3 is 2.55 bits per heavy atom. The SMILES string of the molecule is CCC1(C(=O)O)CCCN(C(=O)N2CCCC(O)C2)C1. The van der Waals surface area contributed by atoms with Gasteiger partial charge in [-0.25, -0.2) is 4.79 Å². The van der Waals surface area contributed by atoms with Gasteiger partial charge in [-0.1, -0.05) is 6.92 Å². The molecule has 2 amide bonds. The molecule has 2 heterocycles. The number of aliphatic hydroxyl groups is 1. The number of piperidine rings is 2. The maximum absolute atomic E-state index is 12.5. The van der Waals surface area contributed by atoms with Crippen molar-refractivity contribution in [3.05, 3.63) is 0 Å². The summed E-state index contributed by atoms with van der Waals surface area (Å²) in [6.45, 7) is 3.78. The Bertz CT molecular complexity index is 387. The topological polar surface area (TPSA) is 81.1 Å². The predicted octanol–water partition coefficient (Wildman–Crippen LogP) is 1.14. The van der Waals surface area contributed by atoms with Crippen molar-refractivity contribution in [1.82, 2.24) is 9.80 Å². The Hall–Kier alpha value is -1.30. The van der Waals surface area contributed by atoms with Gasteiger partial charge in [-0.2, -0.15) is 0 Å². The van der Waals surface area contributed by atoms with Gasteiger partial charge in [0, 0.05) is 26.2 Å². The fraction of sp³-hybridized carbons (Fsp3) is 0.857. The molecule has 0 spiro atoms. The molecule has 0 aliphatic carbocycles. The summed E-state index contributed by atoms with van der Waals surface area (Å²) in [5.74, 6) is -0.809. The maximum atomic E-state index is 12.5. The number of hydrogen-bond acceptors (Lipinski definition) is 3. The van der Waals surface area contributed by atoms with Gasteiger partial charge in [0.05, 0.1) is 11.5 Å². The van der Waals surface area contributed by atoms with Gasteiger partial charge in [-0.05, 0) is 32.1 Å². The van der Waals surface area contributed by atoms with Gasteiger partial charge in [-0.15, -0.1) is 0 Å². The number of likely N-dealkylation sites (tertiary alicyclic amines) is 2. The van der Waals surface area contributed by atoms with Crippen LogP contribution in [-0.4, -0.2) is 64.3 Å². The van der Waals surface area contributed by atoms with Crippen molar-refractivity contribution in [2.75, 3.05) is 26.2 Å². The Kier molecular flexibility index (Phi) is 4.52. The minimum atomic E-state index is -0.809. The summed E-state index contributed by atoms with van der Waals surface area (Å²) in [6, 6.07) is -0.123. The van der Waals surface area contributed by atoms with Gasteiger partial charge < -0.3 is 20.0 Å². The number of aliphatic hydroxyl groups excluding tert-OH is 1. The van der Waals surface area contributed by atoms with Crippen LogP contribution in [0.3, 0.4) is 0 Å². The van der Waals surface area contributed by atoms with Crippen LogP contribution in [0.5, 0.6) is 0 Å². The van der Waals surface area contributed by atoms with Crippen LogP contribution in [0, 0.1) is 5.41 Å². The first-order valence-electron chi connectivity index (χ1n) is 7.44. The van der Waals surface area contributed by atoms with Crippen LogP contribution in [0.1, 0.15) is 39.0 Å². The van der Waals surface area contributed by atoms with Crippen LogP contribution in [0.4, 0.5) is 4.79 Å². The number of hydrogen-bond donors (Lipinski definition) is 2. The standard InChI is InChI=1S/C14H24N2O4/c1-2-14(12(18)19)6-4-8-16(10-14)13(20)15-7-3-5-11(17)9-15/h11,17H,2-10H2,1H3,(H,18,19). The highest BCUT2D eigenvalue weighted by Gasteiger charge is 2.43. The highest BCUT2D eigenvalue weighted by atomic mass is 16.4. The van der Waals surface area contributed by atoms with Gasteiger partial charge in [0.1, 0.15) is 0 Å². The highest BCUT2D eigenvalue weighted by Crippen LogP contribution is 2.34. The quantitative estimate of drug-likeness (QED) is 0.797. The van der Waals surface area contributed by atoms with E-state index in [1.54, 1.807) is 9.80 Å². The van der Waals surface area contributed by atoms with Crippen LogP contribution in [0.15, 0.2) is 0 Å². The van der Waals surface area contributed by atoms with Crippen LogP contribution < -0.4 is 0 Å². The second-order valence-corrected chi connectivity index (χ2v) is 5.99. The number of carbonyl (C=O) groups is 2. The molecule has 2 N–H and O–H groups in total. The summed E-state index contributed by atoms with van der Waals surface area (Å²) < 4.78 is 0. The van der Waals surface area contributed by atoms with E-state index in [9.17, 15) is 19.8 Å². The fourth-order valence-corrected chi connectivity index (χ4v) is 3.24. The molecule has 6 heteroatoms. The lowest BCUT2D eigenvalue weighted by Crippen LogP contribution is -2.55. The molecule has 2 atom stereocenters. The number of carboxylic acid groups (broad SMARTS) is 1. The van der Waals surface area contributed by atoms with E-state index in [1.807, 2.05) is 6.92 Å². The number of nitrogens with zero attached hydrogens (tertiary/aromatic N) is 2. The van der Waals surface area contributed by atoms with Crippen molar-refractivity contribution in [2.45, 2.75) is 45.1 Å². The first kappa shape index (κ1) is 15.1. The molecule has 2 fully saturated rings. The molecule has 2 saturated heterocycles. The van der Waals surface area contributed by atoms with Gasteiger partial charge in [0.15, 0.2) is 0 Å². The third-order valence-electron chi connectivity index (χ3n) is 4.64. The second-order valence-electron chi connectivity index (χ2n) is 5.99. The van der Waals surface area contributed by atoms with Crippen LogP contribution in [-0.2, 0) is 4.79 Å². The lowest BCUT2D eigenvalue weighted by Gasteiger charge is -2.42. The lowest BCUT2D eigenvalue weighted by atomic mass is 9.78. The molecule has 0 aromatic heterocycles. The van der Waals surface area contributed by atoms with Crippen molar-refractivity contribution in [3.8, 4) is 0 Å². The smallest absolute Gasteiger partial charge is 0.320 e. The predicted molar refractivity (Wildman–Crippen MR) is 73.4 cm³/mol. The number of β-amino-alcohol motifs (C(OH)–C–C–N with tert-alkyl or cyclic N) is 1. The molecule has 2 aliphatic rings. The molecule has 2 aliphatic heterocycles. The summed E-state index contributed by atoms with van der Waals surface area (Å²) in [6.07, 6.45) is 2.98. The zero-order valence-electron chi connectivity index (χ0n) is 12.0. The summed E-state index contributed by atoms with van der Waals surface area (Å²) in [5.41, 5.74) is -0.803. The number of aliphatic carboxylic acids is 1. The summed E-state index contributed by atoms with van der Waals surface area (Å²) in [4.78, 5) is 27.3. The number of carbonyl (C=O) groups excluding carboxylic acids is 1. The first-order chi connectivity index (χ1) is 9.48. The van der Waals surface area contributed by atoms with E-state index in [0.29, 0.717) is 32.5 Å². The molecule has 114 valence electrons. The van der Waals surface area contributed by atoms with E-state index >= 15 is 0 Å². The molecule has 2 unspecified atom stereocenters. The molecule has 0 aromatic rings. The van der Waals surface area contributed by atoms with Gasteiger partial charge in [0.2, 0.25) is 0 Å². The average molecular weight is 284 g/mol. The third kappa shape index (κ3) is 2.90. The van der Waals surface area contributed by atoms with Gasteiger partial charge in [0.25, 0.3) is 0 Å². The first-order valence-corrected chi connectivity index (χ1v) is 7.44. The number of carboxylic acids is 1. The number of urea groups is 1. The summed E-state index contributed by atoms with van der Waals surface area (Å²) in [7, 11) is 0. The number of rotatable bonds is 2.